The molecule has 0 heterocycles. The third-order valence-electron chi connectivity index (χ3n) is 2.24. The standard InChI is InChI=1S/C12H18N2O2S/c1-14(2)7-8-17-11-9(12(15)16-3)5-4-6-10(11)13/h4-6H,7-8,13H2,1-3H3. The second-order valence-electron chi connectivity index (χ2n) is 3.87. The zero-order valence-corrected chi connectivity index (χ0v) is 11.2. The lowest BCUT2D eigenvalue weighted by atomic mass is 10.2. The predicted molar refractivity (Wildman–Crippen MR) is 71.5 cm³/mol. The van der Waals surface area contributed by atoms with E-state index in [2.05, 4.69) is 4.90 Å². The number of nitrogens with two attached hydrogens (primary N) is 1. The SMILES string of the molecule is COC(=O)c1cccc(N)c1SCCN(C)C. The summed E-state index contributed by atoms with van der Waals surface area (Å²) in [7, 11) is 5.39. The minimum atomic E-state index is -0.343. The molecule has 0 atom stereocenters. The van der Waals surface area contributed by atoms with Gasteiger partial charge in [-0.1, -0.05) is 6.07 Å². The first-order valence-electron chi connectivity index (χ1n) is 5.30. The van der Waals surface area contributed by atoms with E-state index in [1.165, 1.54) is 7.11 Å². The normalized spacial score (nSPS) is 10.6. The number of hydrogen-bond acceptors (Lipinski definition) is 5. The highest BCUT2D eigenvalue weighted by Gasteiger charge is 2.14. The Hall–Kier alpha value is -1.20. The molecule has 0 unspecified atom stereocenters. The van der Waals surface area contributed by atoms with Crippen molar-refractivity contribution in [2.75, 3.05) is 39.2 Å². The van der Waals surface area contributed by atoms with E-state index in [1.54, 1.807) is 30.0 Å². The van der Waals surface area contributed by atoms with Gasteiger partial charge >= 0.3 is 5.97 Å². The number of thioether (sulfide) groups is 1. The number of anilines is 1. The second-order valence-corrected chi connectivity index (χ2v) is 4.97. The highest BCUT2D eigenvalue weighted by Crippen LogP contribution is 2.29. The number of ether oxygens (including phenoxy) is 1. The molecule has 5 heteroatoms. The van der Waals surface area contributed by atoms with Crippen LogP contribution in [0.2, 0.25) is 0 Å². The number of hydrogen-bond donors (Lipinski definition) is 1. The van der Waals surface area contributed by atoms with Crippen LogP contribution < -0.4 is 5.73 Å². The summed E-state index contributed by atoms with van der Waals surface area (Å²) in [4.78, 5) is 14.5. The summed E-state index contributed by atoms with van der Waals surface area (Å²) in [5.41, 5.74) is 7.05. The number of carbonyl (C=O) groups is 1. The summed E-state index contributed by atoms with van der Waals surface area (Å²) < 4.78 is 4.74. The van der Waals surface area contributed by atoms with Crippen LogP contribution in [0.4, 0.5) is 5.69 Å². The van der Waals surface area contributed by atoms with Gasteiger partial charge in [-0.3, -0.25) is 0 Å². The molecule has 0 aliphatic heterocycles. The van der Waals surface area contributed by atoms with Crippen LogP contribution in [0.1, 0.15) is 10.4 Å². The van der Waals surface area contributed by atoms with Gasteiger partial charge in [0.05, 0.1) is 12.7 Å². The number of nitrogens with zero attached hydrogens (tertiary/aromatic N) is 1. The molecule has 4 nitrogen and oxygen atoms in total. The van der Waals surface area contributed by atoms with E-state index in [9.17, 15) is 4.79 Å². The largest absolute Gasteiger partial charge is 0.465 e. The molecule has 0 saturated carbocycles. The maximum atomic E-state index is 11.6. The van der Waals surface area contributed by atoms with E-state index < -0.39 is 0 Å². The van der Waals surface area contributed by atoms with Crippen LogP contribution >= 0.6 is 11.8 Å². The van der Waals surface area contributed by atoms with Gasteiger partial charge in [0.2, 0.25) is 0 Å². The van der Waals surface area contributed by atoms with Gasteiger partial charge in [-0.05, 0) is 26.2 Å². The van der Waals surface area contributed by atoms with E-state index >= 15 is 0 Å². The van der Waals surface area contributed by atoms with Crippen LogP contribution in [-0.4, -0.2) is 44.4 Å². The highest BCUT2D eigenvalue weighted by atomic mass is 32.2. The number of esters is 1. The zero-order chi connectivity index (χ0) is 12.8. The zero-order valence-electron chi connectivity index (χ0n) is 10.4. The number of benzene rings is 1. The van der Waals surface area contributed by atoms with Crippen LogP contribution in [0.15, 0.2) is 23.1 Å². The summed E-state index contributed by atoms with van der Waals surface area (Å²) in [6.45, 7) is 0.930. The number of nitrogen functional groups attached to an aromatic ring is 1. The van der Waals surface area contributed by atoms with Gasteiger partial charge in [0.25, 0.3) is 0 Å². The lowest BCUT2D eigenvalue weighted by Crippen LogP contribution is -2.15. The van der Waals surface area contributed by atoms with Crippen molar-refractivity contribution >= 4 is 23.4 Å². The fourth-order valence-electron chi connectivity index (χ4n) is 1.32. The van der Waals surface area contributed by atoms with Crippen LogP contribution in [0.3, 0.4) is 0 Å². The maximum absolute atomic E-state index is 11.6. The third-order valence-corrected chi connectivity index (χ3v) is 3.37. The second kappa shape index (κ2) is 6.51. The molecule has 1 aromatic carbocycles. The molecule has 0 aliphatic rings. The Labute approximate surface area is 106 Å². The number of methoxy groups -OCH3 is 1. The Morgan fingerprint density at radius 1 is 1.47 bits per heavy atom. The minimum absolute atomic E-state index is 0.343. The topological polar surface area (TPSA) is 55.6 Å². The van der Waals surface area contributed by atoms with Crippen LogP contribution in [0, 0.1) is 0 Å². The summed E-state index contributed by atoms with van der Waals surface area (Å²) in [6, 6.07) is 5.29. The van der Waals surface area contributed by atoms with Crippen LogP contribution in [0.25, 0.3) is 0 Å². The van der Waals surface area contributed by atoms with Gasteiger partial charge in [0.15, 0.2) is 0 Å². The van der Waals surface area contributed by atoms with Crippen molar-refractivity contribution in [1.29, 1.82) is 0 Å². The molecule has 0 aromatic heterocycles. The highest BCUT2D eigenvalue weighted by molar-refractivity contribution is 7.99. The Morgan fingerprint density at radius 2 is 2.18 bits per heavy atom. The van der Waals surface area contributed by atoms with E-state index in [1.807, 2.05) is 14.1 Å². The molecule has 17 heavy (non-hydrogen) atoms. The molecule has 0 radical (unpaired) electrons. The van der Waals surface area contributed by atoms with Crippen molar-refractivity contribution < 1.29 is 9.53 Å². The van der Waals surface area contributed by atoms with Crippen LogP contribution in [0.5, 0.6) is 0 Å². The minimum Gasteiger partial charge on any atom is -0.465 e. The molecule has 94 valence electrons. The van der Waals surface area contributed by atoms with Crippen molar-refractivity contribution in [3.05, 3.63) is 23.8 Å². The molecule has 0 aliphatic carbocycles. The predicted octanol–water partition coefficient (Wildman–Crippen LogP) is 1.71. The first-order chi connectivity index (χ1) is 8.06. The average molecular weight is 254 g/mol. The van der Waals surface area contributed by atoms with Crippen molar-refractivity contribution in [3.63, 3.8) is 0 Å². The van der Waals surface area contributed by atoms with Gasteiger partial charge in [-0.15, -0.1) is 11.8 Å². The van der Waals surface area contributed by atoms with Gasteiger partial charge in [-0.2, -0.15) is 0 Å². The molecule has 1 rings (SSSR count). The average Bonchev–Trinajstić information content (AvgIpc) is 2.29. The quantitative estimate of drug-likeness (QED) is 0.492. The lowest BCUT2D eigenvalue weighted by Gasteiger charge is -2.12. The Morgan fingerprint density at radius 3 is 2.76 bits per heavy atom. The summed E-state index contributed by atoms with van der Waals surface area (Å²) in [5, 5.41) is 0. The molecule has 0 spiro atoms. The van der Waals surface area contributed by atoms with Gasteiger partial charge < -0.3 is 15.4 Å². The summed E-state index contributed by atoms with van der Waals surface area (Å²) >= 11 is 1.58. The van der Waals surface area contributed by atoms with E-state index in [0.717, 1.165) is 17.2 Å². The van der Waals surface area contributed by atoms with E-state index in [0.29, 0.717) is 11.3 Å². The van der Waals surface area contributed by atoms with Gasteiger partial charge in [0, 0.05) is 22.9 Å². The first kappa shape index (κ1) is 13.9. The van der Waals surface area contributed by atoms with Crippen molar-refractivity contribution in [1.82, 2.24) is 4.90 Å². The molecular formula is C12H18N2O2S. The van der Waals surface area contributed by atoms with Crippen molar-refractivity contribution in [3.8, 4) is 0 Å². The number of rotatable bonds is 5. The van der Waals surface area contributed by atoms with E-state index in [-0.39, 0.29) is 5.97 Å². The molecular weight excluding hydrogens is 236 g/mol. The number of carbonyl (C=O) groups excluding carboxylic acids is 1. The lowest BCUT2D eigenvalue weighted by molar-refractivity contribution is 0.0597. The summed E-state index contributed by atoms with van der Waals surface area (Å²) in [6.07, 6.45) is 0. The third kappa shape index (κ3) is 3.94. The van der Waals surface area contributed by atoms with Crippen LogP contribution in [-0.2, 0) is 4.74 Å². The molecule has 2 N–H and O–H groups in total. The fourth-order valence-corrected chi connectivity index (χ4v) is 2.52. The van der Waals surface area contributed by atoms with Crippen molar-refractivity contribution in [2.45, 2.75) is 4.90 Å². The Kier molecular flexibility index (Phi) is 5.31. The molecule has 0 fully saturated rings. The van der Waals surface area contributed by atoms with Gasteiger partial charge in [-0.25, -0.2) is 4.79 Å². The van der Waals surface area contributed by atoms with Gasteiger partial charge in [0.1, 0.15) is 0 Å². The van der Waals surface area contributed by atoms with Crippen molar-refractivity contribution in [2.24, 2.45) is 0 Å². The fraction of sp³-hybridized carbons (Fsp3) is 0.417. The van der Waals surface area contributed by atoms with E-state index in [4.69, 9.17) is 10.5 Å². The summed E-state index contributed by atoms with van der Waals surface area (Å²) in [5.74, 6) is 0.537. The Bertz CT molecular complexity index is 394. The molecule has 0 amide bonds. The monoisotopic (exact) mass is 254 g/mol. The smallest absolute Gasteiger partial charge is 0.339 e. The first-order valence-corrected chi connectivity index (χ1v) is 6.29. The maximum Gasteiger partial charge on any atom is 0.339 e. The Balaban J connectivity index is 2.84. The molecule has 0 saturated heterocycles. The molecule has 1 aromatic rings. The molecule has 0 bridgehead atoms.